The van der Waals surface area contributed by atoms with E-state index in [1.807, 2.05) is 40.8 Å². The second kappa shape index (κ2) is 14.4. The molecule has 0 bridgehead atoms. The number of alkyl halides is 3. The summed E-state index contributed by atoms with van der Waals surface area (Å²) in [6.45, 7) is 4.68. The third-order valence-corrected chi connectivity index (χ3v) is 8.40. The summed E-state index contributed by atoms with van der Waals surface area (Å²) in [4.78, 5) is 21.6. The molecule has 0 radical (unpaired) electrons. The molecule has 3 heterocycles. The molecule has 5 rings (SSSR count). The van der Waals surface area contributed by atoms with Gasteiger partial charge in [-0.15, -0.1) is 0 Å². The Balaban J connectivity index is 0.000000617. The number of pyridine rings is 1. The Kier molecular flexibility index (Phi) is 10.8. The lowest BCUT2D eigenvalue weighted by molar-refractivity contribution is -0.153. The number of hydrogen-bond donors (Lipinski definition) is 2. The van der Waals surface area contributed by atoms with Crippen molar-refractivity contribution in [3.8, 4) is 17.4 Å². The average molecular weight is 664 g/mol. The molecule has 3 N–H and O–H groups in total. The number of nitrogens with two attached hydrogens (primary N) is 1. The highest BCUT2D eigenvalue weighted by molar-refractivity contribution is 7.86. The molecule has 46 heavy (non-hydrogen) atoms. The summed E-state index contributed by atoms with van der Waals surface area (Å²) in [6.07, 6.45) is -2.84. The maximum atomic E-state index is 13.4. The van der Waals surface area contributed by atoms with Gasteiger partial charge in [0.15, 0.2) is 6.61 Å². The van der Waals surface area contributed by atoms with Crippen molar-refractivity contribution in [1.82, 2.24) is 19.4 Å². The van der Waals surface area contributed by atoms with Crippen LogP contribution in [-0.4, -0.2) is 82.4 Å². The fourth-order valence-electron chi connectivity index (χ4n) is 4.54. The van der Waals surface area contributed by atoms with Gasteiger partial charge in [0.1, 0.15) is 17.2 Å². The maximum Gasteiger partial charge on any atom is 0.422 e. The van der Waals surface area contributed by atoms with E-state index in [0.29, 0.717) is 55.7 Å². The van der Waals surface area contributed by atoms with E-state index in [0.717, 1.165) is 16.5 Å². The van der Waals surface area contributed by atoms with Crippen LogP contribution in [0, 0.1) is 0 Å². The molecule has 4 aromatic rings. The van der Waals surface area contributed by atoms with E-state index in [4.69, 9.17) is 19.8 Å². The molecule has 1 amide bonds. The van der Waals surface area contributed by atoms with Crippen LogP contribution in [0.2, 0.25) is 0 Å². The van der Waals surface area contributed by atoms with Gasteiger partial charge in [0.25, 0.3) is 16.0 Å². The Bertz CT molecular complexity index is 1740. The van der Waals surface area contributed by atoms with Crippen molar-refractivity contribution >= 4 is 32.6 Å². The number of nitrogens with zero attached hydrogens (tertiary/aromatic N) is 4. The molecule has 0 saturated carbocycles. The van der Waals surface area contributed by atoms with E-state index in [-0.39, 0.29) is 11.7 Å². The highest BCUT2D eigenvalue weighted by Gasteiger charge is 2.28. The molecule has 11 nitrogen and oxygen atoms in total. The van der Waals surface area contributed by atoms with E-state index >= 15 is 0 Å². The zero-order chi connectivity index (χ0) is 33.6. The number of anilines is 1. The summed E-state index contributed by atoms with van der Waals surface area (Å²) in [5.74, 6) is 1.18. The average Bonchev–Trinajstić information content (AvgIpc) is 3.33. The van der Waals surface area contributed by atoms with Gasteiger partial charge in [-0.05, 0) is 55.8 Å². The molecular formula is C31H36F3N5O6S. The van der Waals surface area contributed by atoms with E-state index in [9.17, 15) is 26.4 Å². The first kappa shape index (κ1) is 34.5. The van der Waals surface area contributed by atoms with Gasteiger partial charge in [-0.3, -0.25) is 14.2 Å². The Morgan fingerprint density at radius 1 is 1.00 bits per heavy atom. The number of carbonyl (C=O) groups excluding carboxylic acids is 1. The standard InChI is InChI=1S/C28H28F3N5O3.C3H8O3S/c1-34-24-15-23(39-26-9-5-21(32)16-33-26)8-4-20(24)14-25(34)27(37)36-12-10-35(11-13-36)17-19-2-6-22(7-3-19)38-18-28(29,30)31;1-3(2)7(4,5)6/h2-9,14-16H,10-13,17-18,32H2,1H3;3H,1-2H3,(H,4,5,6). The van der Waals surface area contributed by atoms with Gasteiger partial charge in [0.05, 0.1) is 22.7 Å². The number of aryl methyl sites for hydroxylation is 1. The molecule has 0 atom stereocenters. The number of hydrogen-bond acceptors (Lipinski definition) is 8. The van der Waals surface area contributed by atoms with E-state index in [1.165, 1.54) is 20.0 Å². The first-order chi connectivity index (χ1) is 21.6. The number of nitrogen functional groups attached to an aromatic ring is 1. The molecule has 1 saturated heterocycles. The monoisotopic (exact) mass is 663 g/mol. The van der Waals surface area contributed by atoms with E-state index < -0.39 is 28.2 Å². The predicted octanol–water partition coefficient (Wildman–Crippen LogP) is 5.13. The van der Waals surface area contributed by atoms with Gasteiger partial charge in [-0.2, -0.15) is 21.6 Å². The molecule has 2 aromatic heterocycles. The molecule has 2 aromatic carbocycles. The third kappa shape index (κ3) is 9.58. The van der Waals surface area contributed by atoms with Crippen LogP contribution in [0.1, 0.15) is 29.9 Å². The van der Waals surface area contributed by atoms with Gasteiger partial charge < -0.3 is 24.7 Å². The quantitative estimate of drug-likeness (QED) is 0.246. The van der Waals surface area contributed by atoms with Crippen molar-refractivity contribution in [2.75, 3.05) is 38.5 Å². The number of carbonyl (C=O) groups is 1. The zero-order valence-electron chi connectivity index (χ0n) is 25.6. The number of rotatable bonds is 8. The van der Waals surface area contributed by atoms with Crippen molar-refractivity contribution in [2.24, 2.45) is 7.05 Å². The summed E-state index contributed by atoms with van der Waals surface area (Å²) in [5.41, 5.74) is 8.66. The number of ether oxygens (including phenoxy) is 2. The molecular weight excluding hydrogens is 627 g/mol. The van der Waals surface area contributed by atoms with Crippen LogP contribution in [-0.2, 0) is 23.7 Å². The van der Waals surface area contributed by atoms with Crippen LogP contribution in [0.25, 0.3) is 10.9 Å². The Hall–Kier alpha value is -4.34. The number of aromatic nitrogens is 2. The van der Waals surface area contributed by atoms with E-state index in [1.54, 1.807) is 36.4 Å². The van der Waals surface area contributed by atoms with Crippen molar-refractivity contribution < 1.29 is 40.4 Å². The van der Waals surface area contributed by atoms with Crippen LogP contribution in [0.15, 0.2) is 66.9 Å². The first-order valence-electron chi connectivity index (χ1n) is 14.3. The number of piperazine rings is 1. The molecule has 248 valence electrons. The lowest BCUT2D eigenvalue weighted by Gasteiger charge is -2.34. The SMILES string of the molecule is CC(C)S(=O)(=O)O.Cn1c(C(=O)N2CCN(Cc3ccc(OCC(F)(F)F)cc3)CC2)cc2ccc(Oc3ccc(N)cn3)cc21. The van der Waals surface area contributed by atoms with Crippen molar-refractivity contribution in [3.63, 3.8) is 0 Å². The molecule has 0 spiro atoms. The van der Waals surface area contributed by atoms with Crippen LogP contribution < -0.4 is 15.2 Å². The second-order valence-corrected chi connectivity index (χ2v) is 13.0. The van der Waals surface area contributed by atoms with E-state index in [2.05, 4.69) is 9.88 Å². The van der Waals surface area contributed by atoms with Crippen LogP contribution in [0.5, 0.6) is 17.4 Å². The fraction of sp³-hybridized carbons (Fsp3) is 0.355. The minimum absolute atomic E-state index is 0.0396. The smallest absolute Gasteiger partial charge is 0.422 e. The number of fused-ring (bicyclic) bond motifs is 1. The van der Waals surface area contributed by atoms with Crippen LogP contribution in [0.3, 0.4) is 0 Å². The summed E-state index contributed by atoms with van der Waals surface area (Å²) in [5, 5.41) is 0.257. The Morgan fingerprint density at radius 3 is 2.20 bits per heavy atom. The number of benzene rings is 2. The zero-order valence-corrected chi connectivity index (χ0v) is 26.4. The third-order valence-electron chi connectivity index (χ3n) is 7.20. The van der Waals surface area contributed by atoms with Gasteiger partial charge >= 0.3 is 6.18 Å². The predicted molar refractivity (Wildman–Crippen MR) is 167 cm³/mol. The molecule has 0 aliphatic carbocycles. The van der Waals surface area contributed by atoms with Crippen LogP contribution >= 0.6 is 0 Å². The lowest BCUT2D eigenvalue weighted by Crippen LogP contribution is -2.48. The minimum Gasteiger partial charge on any atom is -0.484 e. The summed E-state index contributed by atoms with van der Waals surface area (Å²) in [6, 6.07) is 17.5. The molecule has 1 aliphatic heterocycles. The highest BCUT2D eigenvalue weighted by atomic mass is 32.2. The largest absolute Gasteiger partial charge is 0.484 e. The number of amides is 1. The lowest BCUT2D eigenvalue weighted by atomic mass is 10.2. The second-order valence-electron chi connectivity index (χ2n) is 11.0. The maximum absolute atomic E-state index is 13.4. The van der Waals surface area contributed by atoms with Gasteiger partial charge in [-0.1, -0.05) is 12.1 Å². The Morgan fingerprint density at radius 2 is 1.63 bits per heavy atom. The topological polar surface area (TPSA) is 140 Å². The fourth-order valence-corrected chi connectivity index (χ4v) is 4.54. The summed E-state index contributed by atoms with van der Waals surface area (Å²) < 4.78 is 77.3. The van der Waals surface area contributed by atoms with Crippen molar-refractivity contribution in [3.05, 3.63) is 78.1 Å². The molecule has 0 unspecified atom stereocenters. The summed E-state index contributed by atoms with van der Waals surface area (Å²) >= 11 is 0. The number of halogens is 3. The first-order valence-corrected chi connectivity index (χ1v) is 15.8. The normalized spacial score (nSPS) is 14.2. The van der Waals surface area contributed by atoms with Gasteiger partial charge in [0.2, 0.25) is 5.88 Å². The molecule has 1 aliphatic rings. The highest BCUT2D eigenvalue weighted by Crippen LogP contribution is 2.28. The Labute approximate surface area is 265 Å². The summed E-state index contributed by atoms with van der Waals surface area (Å²) in [7, 11) is -1.88. The minimum atomic E-state index is -4.37. The van der Waals surface area contributed by atoms with Gasteiger partial charge in [-0.25, -0.2) is 4.98 Å². The molecule has 1 fully saturated rings. The molecule has 15 heteroatoms. The van der Waals surface area contributed by atoms with Crippen molar-refractivity contribution in [1.29, 1.82) is 0 Å². The van der Waals surface area contributed by atoms with Crippen molar-refractivity contribution in [2.45, 2.75) is 31.8 Å². The van der Waals surface area contributed by atoms with Crippen LogP contribution in [0.4, 0.5) is 18.9 Å². The van der Waals surface area contributed by atoms with Gasteiger partial charge in [0, 0.05) is 57.3 Å².